The maximum atomic E-state index is 5.48. The van der Waals surface area contributed by atoms with Crippen LogP contribution in [0.3, 0.4) is 0 Å². The average Bonchev–Trinajstić information content (AvgIpc) is 1.68. The van der Waals surface area contributed by atoms with Crippen LogP contribution in [0.1, 0.15) is 6.92 Å². The molecule has 0 radical (unpaired) electrons. The highest BCUT2D eigenvalue weighted by atomic mass is 35.5. The summed E-state index contributed by atoms with van der Waals surface area (Å²) >= 11 is 0. The van der Waals surface area contributed by atoms with Crippen molar-refractivity contribution in [3.8, 4) is 0 Å². The van der Waals surface area contributed by atoms with Crippen LogP contribution in [0.2, 0.25) is 0 Å². The van der Waals surface area contributed by atoms with Gasteiger partial charge in [0.1, 0.15) is 0 Å². The highest BCUT2D eigenvalue weighted by Gasteiger charge is 2.03. The predicted octanol–water partition coefficient (Wildman–Crippen LogP) is 1.50. The van der Waals surface area contributed by atoms with Gasteiger partial charge in [0, 0.05) is 5.54 Å². The van der Waals surface area contributed by atoms with E-state index in [0.29, 0.717) is 0 Å². The molecule has 0 aromatic rings. The fraction of sp³-hybridized carbons (Fsp3) is 0.333. The summed E-state index contributed by atoms with van der Waals surface area (Å²) < 4.78 is 0. The van der Waals surface area contributed by atoms with Crippen LogP contribution in [-0.2, 0) is 0 Å². The second-order valence-corrected chi connectivity index (χ2v) is 1.77. The molecule has 2 N–H and O–H groups in total. The van der Waals surface area contributed by atoms with E-state index < -0.39 is 0 Å². The van der Waals surface area contributed by atoms with Crippen molar-refractivity contribution in [2.75, 3.05) is 0 Å². The third-order valence-corrected chi connectivity index (χ3v) is 0.880. The Morgan fingerprint density at radius 3 is 1.62 bits per heavy atom. The molecule has 0 aliphatic heterocycles. The quantitative estimate of drug-likeness (QED) is 0.568. The Bertz CT molecular complexity index is 76.5. The summed E-state index contributed by atoms with van der Waals surface area (Å²) in [5.41, 5.74) is 5.09. The van der Waals surface area contributed by atoms with E-state index >= 15 is 0 Å². The number of halogens is 1. The summed E-state index contributed by atoms with van der Waals surface area (Å²) in [6.45, 7) is 8.85. The topological polar surface area (TPSA) is 26.0 Å². The third-order valence-electron chi connectivity index (χ3n) is 0.880. The van der Waals surface area contributed by atoms with Gasteiger partial charge in [0.25, 0.3) is 0 Å². The monoisotopic (exact) mass is 133 g/mol. The van der Waals surface area contributed by atoms with Gasteiger partial charge in [-0.3, -0.25) is 0 Å². The maximum absolute atomic E-state index is 5.48. The van der Waals surface area contributed by atoms with E-state index in [-0.39, 0.29) is 17.9 Å². The lowest BCUT2D eigenvalue weighted by molar-refractivity contribution is 0.739. The van der Waals surface area contributed by atoms with Gasteiger partial charge in [-0.15, -0.1) is 25.6 Å². The van der Waals surface area contributed by atoms with Crippen molar-refractivity contribution in [1.29, 1.82) is 0 Å². The van der Waals surface area contributed by atoms with Crippen LogP contribution < -0.4 is 5.73 Å². The number of rotatable bonds is 2. The van der Waals surface area contributed by atoms with E-state index in [1.54, 1.807) is 12.2 Å². The molecule has 0 aliphatic carbocycles. The summed E-state index contributed by atoms with van der Waals surface area (Å²) in [7, 11) is 0. The Balaban J connectivity index is 0. The van der Waals surface area contributed by atoms with Crippen LogP contribution in [0.4, 0.5) is 0 Å². The van der Waals surface area contributed by atoms with Crippen molar-refractivity contribution in [3.63, 3.8) is 0 Å². The molecule has 0 amide bonds. The van der Waals surface area contributed by atoms with Crippen LogP contribution >= 0.6 is 12.4 Å². The standard InChI is InChI=1S/C6H11N.ClH/c1-4-6(3,7)5-2;/h4-5H,1-2,7H2,3H3;1H. The fourth-order valence-corrected chi connectivity index (χ4v) is 0.0833. The van der Waals surface area contributed by atoms with Gasteiger partial charge in [-0.1, -0.05) is 12.2 Å². The van der Waals surface area contributed by atoms with Crippen molar-refractivity contribution < 1.29 is 0 Å². The fourth-order valence-electron chi connectivity index (χ4n) is 0.0833. The molecule has 1 nitrogen and oxygen atoms in total. The SMILES string of the molecule is C=CC(C)(N)C=C.Cl. The zero-order chi connectivity index (χ0) is 5.91. The first-order valence-corrected chi connectivity index (χ1v) is 2.18. The molecule has 0 heterocycles. The Morgan fingerprint density at radius 1 is 1.38 bits per heavy atom. The van der Waals surface area contributed by atoms with E-state index in [1.807, 2.05) is 6.92 Å². The Labute approximate surface area is 56.7 Å². The number of nitrogens with two attached hydrogens (primary N) is 1. The molecule has 0 unspecified atom stereocenters. The van der Waals surface area contributed by atoms with E-state index in [0.717, 1.165) is 0 Å². The first kappa shape index (κ1) is 10.7. The van der Waals surface area contributed by atoms with Crippen LogP contribution in [0.5, 0.6) is 0 Å². The van der Waals surface area contributed by atoms with E-state index in [4.69, 9.17) is 5.73 Å². The second kappa shape index (κ2) is 3.70. The summed E-state index contributed by atoms with van der Waals surface area (Å²) in [6.07, 6.45) is 3.31. The minimum Gasteiger partial charge on any atom is -0.319 e. The second-order valence-electron chi connectivity index (χ2n) is 1.77. The minimum absolute atomic E-state index is 0. The first-order valence-electron chi connectivity index (χ1n) is 2.18. The summed E-state index contributed by atoms with van der Waals surface area (Å²) in [5.74, 6) is 0. The normalized spacial score (nSPS) is 9.25. The molecular weight excluding hydrogens is 122 g/mol. The van der Waals surface area contributed by atoms with Crippen molar-refractivity contribution in [2.45, 2.75) is 12.5 Å². The molecule has 0 saturated heterocycles. The first-order chi connectivity index (χ1) is 3.12. The van der Waals surface area contributed by atoms with Gasteiger partial charge in [0.05, 0.1) is 0 Å². The minimum atomic E-state index is -0.389. The van der Waals surface area contributed by atoms with E-state index in [9.17, 15) is 0 Å². The van der Waals surface area contributed by atoms with Gasteiger partial charge in [0.15, 0.2) is 0 Å². The van der Waals surface area contributed by atoms with Crippen LogP contribution in [0.25, 0.3) is 0 Å². The summed E-state index contributed by atoms with van der Waals surface area (Å²) in [6, 6.07) is 0. The smallest absolute Gasteiger partial charge is 0.0491 e. The van der Waals surface area contributed by atoms with Crippen LogP contribution in [0.15, 0.2) is 25.3 Å². The lowest BCUT2D eigenvalue weighted by atomic mass is 10.1. The van der Waals surface area contributed by atoms with E-state index in [1.165, 1.54) is 0 Å². The van der Waals surface area contributed by atoms with Gasteiger partial charge < -0.3 is 5.73 Å². The highest BCUT2D eigenvalue weighted by Crippen LogP contribution is 1.98. The zero-order valence-electron chi connectivity index (χ0n) is 5.05. The zero-order valence-corrected chi connectivity index (χ0v) is 5.87. The van der Waals surface area contributed by atoms with Crippen molar-refractivity contribution in [3.05, 3.63) is 25.3 Å². The molecule has 0 fully saturated rings. The lowest BCUT2D eigenvalue weighted by Crippen LogP contribution is -2.29. The third kappa shape index (κ3) is 3.90. The largest absolute Gasteiger partial charge is 0.319 e. The number of hydrogen-bond acceptors (Lipinski definition) is 1. The molecule has 48 valence electrons. The summed E-state index contributed by atoms with van der Waals surface area (Å²) in [4.78, 5) is 0. The molecule has 0 saturated carbocycles. The molecule has 0 aromatic heterocycles. The Hall–Kier alpha value is -0.270. The van der Waals surface area contributed by atoms with Gasteiger partial charge in [-0.2, -0.15) is 0 Å². The van der Waals surface area contributed by atoms with Gasteiger partial charge >= 0.3 is 0 Å². The summed E-state index contributed by atoms with van der Waals surface area (Å²) in [5, 5.41) is 0. The van der Waals surface area contributed by atoms with Crippen LogP contribution in [-0.4, -0.2) is 5.54 Å². The maximum Gasteiger partial charge on any atom is 0.0491 e. The van der Waals surface area contributed by atoms with Crippen molar-refractivity contribution in [2.24, 2.45) is 5.73 Å². The molecule has 8 heavy (non-hydrogen) atoms. The van der Waals surface area contributed by atoms with Crippen LogP contribution in [0, 0.1) is 0 Å². The average molecular weight is 134 g/mol. The molecule has 2 heteroatoms. The molecule has 0 bridgehead atoms. The molecule has 0 atom stereocenters. The van der Waals surface area contributed by atoms with E-state index in [2.05, 4.69) is 13.2 Å². The molecule has 0 spiro atoms. The molecule has 0 rings (SSSR count). The Morgan fingerprint density at radius 2 is 1.62 bits per heavy atom. The predicted molar refractivity (Wildman–Crippen MR) is 40.2 cm³/mol. The van der Waals surface area contributed by atoms with Gasteiger partial charge in [-0.05, 0) is 6.92 Å². The highest BCUT2D eigenvalue weighted by molar-refractivity contribution is 5.85. The molecule has 0 aromatic carbocycles. The Kier molecular flexibility index (Phi) is 4.93. The van der Waals surface area contributed by atoms with Crippen molar-refractivity contribution in [1.82, 2.24) is 0 Å². The lowest BCUT2D eigenvalue weighted by Gasteiger charge is -2.11. The van der Waals surface area contributed by atoms with Gasteiger partial charge in [-0.25, -0.2) is 0 Å². The van der Waals surface area contributed by atoms with Gasteiger partial charge in [0.2, 0.25) is 0 Å². The number of hydrogen-bond donors (Lipinski definition) is 1. The van der Waals surface area contributed by atoms with Crippen molar-refractivity contribution >= 4 is 12.4 Å². The molecule has 0 aliphatic rings. The molecular formula is C6H12ClN.